The van der Waals surface area contributed by atoms with Crippen LogP contribution in [0.4, 0.5) is 0 Å². The van der Waals surface area contributed by atoms with Gasteiger partial charge in [-0.3, -0.25) is 0 Å². The SMILES string of the molecule is c1ccc(-c2cc(-c3ccccc3)cc(-c3ccc4sc5cccc(-c6nc(-c7ccccc7)cc(-c7ccccc7)n6)c5c4c3)c2)cc1. The fraction of sp³-hybridized carbons (Fsp3) is 0. The molecule has 230 valence electrons. The maximum absolute atomic E-state index is 5.20. The van der Waals surface area contributed by atoms with Gasteiger partial charge in [0.15, 0.2) is 5.82 Å². The molecule has 0 radical (unpaired) electrons. The summed E-state index contributed by atoms with van der Waals surface area (Å²) in [5.74, 6) is 0.730. The fourth-order valence-corrected chi connectivity index (χ4v) is 7.78. The first-order valence-corrected chi connectivity index (χ1v) is 17.3. The van der Waals surface area contributed by atoms with E-state index in [4.69, 9.17) is 9.97 Å². The topological polar surface area (TPSA) is 25.8 Å². The van der Waals surface area contributed by atoms with Crippen molar-refractivity contribution in [3.8, 4) is 67.3 Å². The highest BCUT2D eigenvalue weighted by atomic mass is 32.1. The second-order valence-electron chi connectivity index (χ2n) is 12.2. The molecular formula is C46H30N2S. The molecular weight excluding hydrogens is 613 g/mol. The van der Waals surface area contributed by atoms with E-state index < -0.39 is 0 Å². The summed E-state index contributed by atoms with van der Waals surface area (Å²) in [4.78, 5) is 10.4. The summed E-state index contributed by atoms with van der Waals surface area (Å²) in [7, 11) is 0. The van der Waals surface area contributed by atoms with Gasteiger partial charge in [-0.1, -0.05) is 140 Å². The first-order valence-electron chi connectivity index (χ1n) is 16.5. The summed E-state index contributed by atoms with van der Waals surface area (Å²) < 4.78 is 2.47. The van der Waals surface area contributed by atoms with Crippen LogP contribution >= 0.6 is 11.3 Å². The molecule has 0 spiro atoms. The normalized spacial score (nSPS) is 11.3. The van der Waals surface area contributed by atoms with Crippen LogP contribution in [0, 0.1) is 0 Å². The van der Waals surface area contributed by atoms with Crippen molar-refractivity contribution in [1.82, 2.24) is 9.97 Å². The van der Waals surface area contributed by atoms with Crippen molar-refractivity contribution in [2.24, 2.45) is 0 Å². The highest BCUT2D eigenvalue weighted by Gasteiger charge is 2.17. The van der Waals surface area contributed by atoms with Crippen molar-refractivity contribution in [1.29, 1.82) is 0 Å². The van der Waals surface area contributed by atoms with Crippen molar-refractivity contribution in [3.63, 3.8) is 0 Å². The van der Waals surface area contributed by atoms with Crippen molar-refractivity contribution >= 4 is 31.5 Å². The Labute approximate surface area is 289 Å². The van der Waals surface area contributed by atoms with Crippen LogP contribution < -0.4 is 0 Å². The number of nitrogens with zero attached hydrogens (tertiary/aromatic N) is 2. The molecule has 0 saturated carbocycles. The van der Waals surface area contributed by atoms with E-state index in [2.05, 4.69) is 170 Å². The molecule has 0 N–H and O–H groups in total. The molecule has 7 aromatic carbocycles. The minimum absolute atomic E-state index is 0.730. The van der Waals surface area contributed by atoms with E-state index in [1.54, 1.807) is 0 Å². The average Bonchev–Trinajstić information content (AvgIpc) is 3.57. The van der Waals surface area contributed by atoms with Crippen LogP contribution in [-0.2, 0) is 0 Å². The van der Waals surface area contributed by atoms with Gasteiger partial charge in [0, 0.05) is 36.9 Å². The zero-order valence-corrected chi connectivity index (χ0v) is 27.4. The maximum atomic E-state index is 5.20. The molecule has 2 nitrogen and oxygen atoms in total. The van der Waals surface area contributed by atoms with Gasteiger partial charge in [0.05, 0.1) is 11.4 Å². The summed E-state index contributed by atoms with van der Waals surface area (Å²) in [6.07, 6.45) is 0. The molecule has 49 heavy (non-hydrogen) atoms. The molecule has 0 saturated heterocycles. The molecule has 0 aliphatic heterocycles. The van der Waals surface area contributed by atoms with Gasteiger partial charge in [0.1, 0.15) is 0 Å². The Morgan fingerprint density at radius 3 is 1.35 bits per heavy atom. The predicted molar refractivity (Wildman–Crippen MR) is 208 cm³/mol. The van der Waals surface area contributed by atoms with Gasteiger partial charge in [0.2, 0.25) is 0 Å². The minimum atomic E-state index is 0.730. The monoisotopic (exact) mass is 642 g/mol. The highest BCUT2D eigenvalue weighted by Crippen LogP contribution is 2.42. The first-order chi connectivity index (χ1) is 24.3. The van der Waals surface area contributed by atoms with E-state index in [-0.39, 0.29) is 0 Å². The smallest absolute Gasteiger partial charge is 0.161 e. The van der Waals surface area contributed by atoms with Gasteiger partial charge < -0.3 is 0 Å². The van der Waals surface area contributed by atoms with Gasteiger partial charge >= 0.3 is 0 Å². The Morgan fingerprint density at radius 1 is 0.327 bits per heavy atom. The molecule has 9 rings (SSSR count). The largest absolute Gasteiger partial charge is 0.228 e. The number of rotatable bonds is 6. The Balaban J connectivity index is 1.25. The molecule has 9 aromatic rings. The van der Waals surface area contributed by atoms with Crippen molar-refractivity contribution < 1.29 is 0 Å². The predicted octanol–water partition coefficient (Wildman–Crippen LogP) is 12.8. The summed E-state index contributed by atoms with van der Waals surface area (Å²) in [5, 5.41) is 2.41. The lowest BCUT2D eigenvalue weighted by Gasteiger charge is -2.12. The molecule has 0 unspecified atom stereocenters. The molecule has 2 heterocycles. The Hall–Kier alpha value is -6.16. The first kappa shape index (κ1) is 29.0. The van der Waals surface area contributed by atoms with Gasteiger partial charge in [-0.15, -0.1) is 11.3 Å². The van der Waals surface area contributed by atoms with Crippen LogP contribution in [-0.4, -0.2) is 9.97 Å². The summed E-state index contributed by atoms with van der Waals surface area (Å²) in [6.45, 7) is 0. The quantitative estimate of drug-likeness (QED) is 0.180. The Bertz CT molecular complexity index is 2460. The van der Waals surface area contributed by atoms with Crippen LogP contribution in [0.3, 0.4) is 0 Å². The second kappa shape index (κ2) is 12.5. The standard InChI is InChI=1S/C46H30N2S/c1-5-14-31(15-6-1)36-26-37(32-16-7-2-8-17-32)28-38(27-36)35-24-25-43-40(29-35)45-39(22-13-23-44(45)49-43)46-47-41(33-18-9-3-10-19-33)30-42(48-46)34-20-11-4-12-21-34/h1-30H. The molecule has 0 aliphatic rings. The molecule has 3 heteroatoms. The van der Waals surface area contributed by atoms with Crippen molar-refractivity contribution in [3.05, 3.63) is 182 Å². The van der Waals surface area contributed by atoms with Crippen LogP contribution in [0.25, 0.3) is 87.5 Å². The van der Waals surface area contributed by atoms with Gasteiger partial charge in [0.25, 0.3) is 0 Å². The van der Waals surface area contributed by atoms with Crippen LogP contribution in [0.2, 0.25) is 0 Å². The van der Waals surface area contributed by atoms with Gasteiger partial charge in [-0.05, 0) is 75.8 Å². The molecule has 0 atom stereocenters. The third-order valence-electron chi connectivity index (χ3n) is 9.08. The van der Waals surface area contributed by atoms with E-state index >= 15 is 0 Å². The number of benzene rings is 7. The molecule has 0 amide bonds. The lowest BCUT2D eigenvalue weighted by Crippen LogP contribution is -1.96. The number of hydrogen-bond donors (Lipinski definition) is 0. The second-order valence-corrected chi connectivity index (χ2v) is 13.3. The number of hydrogen-bond acceptors (Lipinski definition) is 3. The average molecular weight is 643 g/mol. The summed E-state index contributed by atoms with van der Waals surface area (Å²) in [5.41, 5.74) is 12.2. The molecule has 2 aromatic heterocycles. The summed E-state index contributed by atoms with van der Waals surface area (Å²) in [6, 6.07) is 64.5. The van der Waals surface area contributed by atoms with Crippen LogP contribution in [0.5, 0.6) is 0 Å². The van der Waals surface area contributed by atoms with Crippen LogP contribution in [0.15, 0.2) is 182 Å². The van der Waals surface area contributed by atoms with Crippen molar-refractivity contribution in [2.75, 3.05) is 0 Å². The van der Waals surface area contributed by atoms with Gasteiger partial charge in [-0.2, -0.15) is 0 Å². The van der Waals surface area contributed by atoms with E-state index in [0.29, 0.717) is 0 Å². The zero-order chi connectivity index (χ0) is 32.6. The van der Waals surface area contributed by atoms with E-state index in [0.717, 1.165) is 33.9 Å². The van der Waals surface area contributed by atoms with Crippen LogP contribution in [0.1, 0.15) is 0 Å². The fourth-order valence-electron chi connectivity index (χ4n) is 6.66. The lowest BCUT2D eigenvalue weighted by molar-refractivity contribution is 1.19. The van der Waals surface area contributed by atoms with E-state index in [9.17, 15) is 0 Å². The molecule has 0 bridgehead atoms. The van der Waals surface area contributed by atoms with Gasteiger partial charge in [-0.25, -0.2) is 9.97 Å². The lowest BCUT2D eigenvalue weighted by atomic mass is 9.92. The highest BCUT2D eigenvalue weighted by molar-refractivity contribution is 7.26. The Kier molecular flexibility index (Phi) is 7.38. The third kappa shape index (κ3) is 5.61. The summed E-state index contributed by atoms with van der Waals surface area (Å²) >= 11 is 1.82. The number of fused-ring (bicyclic) bond motifs is 3. The number of aromatic nitrogens is 2. The Morgan fingerprint density at radius 2 is 0.816 bits per heavy atom. The zero-order valence-electron chi connectivity index (χ0n) is 26.6. The number of thiophene rings is 1. The molecule has 0 fully saturated rings. The van der Waals surface area contributed by atoms with E-state index in [1.807, 2.05) is 23.5 Å². The maximum Gasteiger partial charge on any atom is 0.161 e. The minimum Gasteiger partial charge on any atom is -0.228 e. The molecule has 0 aliphatic carbocycles. The van der Waals surface area contributed by atoms with Crippen molar-refractivity contribution in [2.45, 2.75) is 0 Å². The third-order valence-corrected chi connectivity index (χ3v) is 10.2. The van der Waals surface area contributed by atoms with E-state index in [1.165, 1.54) is 53.6 Å².